The van der Waals surface area contributed by atoms with Gasteiger partial charge in [0, 0.05) is 6.20 Å². The molecule has 0 radical (unpaired) electrons. The number of nitrogens with zero attached hydrogens (tertiary/aromatic N) is 4. The van der Waals surface area contributed by atoms with Crippen LogP contribution in [0.1, 0.15) is 18.3 Å². The lowest BCUT2D eigenvalue weighted by molar-refractivity contribution is -0.145. The molecule has 0 amide bonds. The van der Waals surface area contributed by atoms with E-state index in [1.807, 2.05) is 0 Å². The molecule has 4 aromatic heterocycles. The second-order valence-electron chi connectivity index (χ2n) is 6.61. The zero-order valence-corrected chi connectivity index (χ0v) is 16.6. The lowest BCUT2D eigenvalue weighted by Gasteiger charge is -2.16. The summed E-state index contributed by atoms with van der Waals surface area (Å²) in [7, 11) is -4.64. The van der Waals surface area contributed by atoms with Crippen molar-refractivity contribution in [1.29, 1.82) is 0 Å². The van der Waals surface area contributed by atoms with Crippen LogP contribution in [0.2, 0.25) is 0 Å². The molecule has 14 heteroatoms. The summed E-state index contributed by atoms with van der Waals surface area (Å²) in [6.45, 7) is 1.08. The van der Waals surface area contributed by atoms with Crippen LogP contribution in [-0.2, 0) is 22.2 Å². The molecule has 0 aliphatic heterocycles. The Morgan fingerprint density at radius 2 is 1.69 bits per heavy atom. The molecule has 6 nitrogen and oxygen atoms in total. The second kappa shape index (κ2) is 6.92. The monoisotopic (exact) mass is 480 g/mol. The summed E-state index contributed by atoms with van der Waals surface area (Å²) in [4.78, 5) is 6.91. The van der Waals surface area contributed by atoms with E-state index in [9.17, 15) is 39.2 Å². The average molecular weight is 480 g/mol. The maximum absolute atomic E-state index is 14.7. The predicted molar refractivity (Wildman–Crippen MR) is 97.5 cm³/mol. The zero-order chi connectivity index (χ0) is 23.6. The van der Waals surface area contributed by atoms with Crippen LogP contribution in [0.5, 0.6) is 0 Å². The topological polar surface area (TPSA) is 69.3 Å². The number of hydrogen-bond donors (Lipinski definition) is 0. The van der Waals surface area contributed by atoms with Gasteiger partial charge < -0.3 is 0 Å². The Balaban J connectivity index is 2.28. The molecule has 0 spiro atoms. The first kappa shape index (κ1) is 22.0. The van der Waals surface area contributed by atoms with Gasteiger partial charge in [0.05, 0.1) is 11.3 Å². The molecule has 0 aliphatic rings. The Bertz CT molecular complexity index is 1470. The highest BCUT2D eigenvalue weighted by molar-refractivity contribution is 7.91. The average Bonchev–Trinajstić information content (AvgIpc) is 3.24. The summed E-state index contributed by atoms with van der Waals surface area (Å²) in [5, 5.41) is -1.34. The summed E-state index contributed by atoms with van der Waals surface area (Å²) in [5.74, 6) is -3.24. The van der Waals surface area contributed by atoms with Crippen LogP contribution >= 0.6 is 0 Å². The van der Waals surface area contributed by atoms with E-state index < -0.39 is 72.7 Å². The molecular weight excluding hydrogens is 469 g/mol. The van der Waals surface area contributed by atoms with Crippen LogP contribution in [0.15, 0.2) is 41.6 Å². The lowest BCUT2D eigenvalue weighted by atomic mass is 10.3. The molecular formula is C18H11F7N4O2S. The molecule has 170 valence electrons. The maximum atomic E-state index is 14.7. The van der Waals surface area contributed by atoms with E-state index in [4.69, 9.17) is 0 Å². The Morgan fingerprint density at radius 3 is 2.28 bits per heavy atom. The van der Waals surface area contributed by atoms with Crippen LogP contribution in [0, 0.1) is 5.82 Å². The number of halogens is 7. The van der Waals surface area contributed by atoms with Gasteiger partial charge in [0.15, 0.2) is 32.1 Å². The standard InChI is InChI=1S/C18H11F7N4O2S/c1-2-32(30,31)16-14(17(20,21)22)27-10-6-3-7-11(29(10)16)28-9-5-4-8-26-13(9)12(19)15(28)18(23,24)25/h3-8H,2H2,1H3. The van der Waals surface area contributed by atoms with E-state index in [1.165, 1.54) is 6.07 Å². The number of imidazole rings is 1. The van der Waals surface area contributed by atoms with Gasteiger partial charge in [-0.15, -0.1) is 0 Å². The zero-order valence-electron chi connectivity index (χ0n) is 15.8. The number of hydrogen-bond acceptors (Lipinski definition) is 4. The van der Waals surface area contributed by atoms with E-state index in [2.05, 4.69) is 9.97 Å². The summed E-state index contributed by atoms with van der Waals surface area (Å²) < 4.78 is 123. The summed E-state index contributed by atoms with van der Waals surface area (Å²) >= 11 is 0. The Kier molecular flexibility index (Phi) is 4.77. The minimum absolute atomic E-state index is 0.293. The molecule has 0 atom stereocenters. The molecule has 32 heavy (non-hydrogen) atoms. The van der Waals surface area contributed by atoms with Gasteiger partial charge in [-0.25, -0.2) is 17.8 Å². The van der Waals surface area contributed by atoms with Crippen LogP contribution in [-0.4, -0.2) is 33.1 Å². The van der Waals surface area contributed by atoms with Crippen LogP contribution in [0.4, 0.5) is 30.7 Å². The highest BCUT2D eigenvalue weighted by Gasteiger charge is 2.44. The van der Waals surface area contributed by atoms with Gasteiger partial charge in [0.25, 0.3) is 0 Å². The molecule has 0 N–H and O–H groups in total. The fourth-order valence-corrected chi connectivity index (χ4v) is 4.59. The number of sulfone groups is 1. The number of alkyl halides is 6. The van der Waals surface area contributed by atoms with Crippen LogP contribution < -0.4 is 0 Å². The smallest absolute Gasteiger partial charge is 0.287 e. The summed E-state index contributed by atoms with van der Waals surface area (Å²) in [6, 6.07) is 5.30. The normalized spacial score (nSPS) is 13.4. The number of aromatic nitrogens is 4. The highest BCUT2D eigenvalue weighted by Crippen LogP contribution is 2.40. The fraction of sp³-hybridized carbons (Fsp3) is 0.222. The number of rotatable bonds is 3. The predicted octanol–water partition coefficient (Wildman–Crippen LogP) is 4.64. The maximum Gasteiger partial charge on any atom is 0.436 e. The van der Waals surface area contributed by atoms with Crippen molar-refractivity contribution in [2.75, 3.05) is 5.75 Å². The SMILES string of the molecule is CCS(=O)(=O)c1c(C(F)(F)F)nc2cccc(-n3c(C(F)(F)F)c(F)c4ncccc43)n12. The van der Waals surface area contributed by atoms with Gasteiger partial charge in [0.1, 0.15) is 17.0 Å². The third-order valence-corrected chi connectivity index (χ3v) is 6.41. The van der Waals surface area contributed by atoms with Gasteiger partial charge in [0.2, 0.25) is 0 Å². The Labute approximate surface area is 174 Å². The van der Waals surface area contributed by atoms with Crippen molar-refractivity contribution in [3.8, 4) is 5.82 Å². The summed E-state index contributed by atoms with van der Waals surface area (Å²) in [6.07, 6.45) is -9.47. The molecule has 0 unspecified atom stereocenters. The van der Waals surface area contributed by atoms with Crippen LogP contribution in [0.25, 0.3) is 22.5 Å². The summed E-state index contributed by atoms with van der Waals surface area (Å²) in [5.41, 5.74) is -5.32. The number of fused-ring (bicyclic) bond motifs is 2. The third kappa shape index (κ3) is 3.20. The molecule has 4 rings (SSSR count). The van der Waals surface area contributed by atoms with Crippen molar-refractivity contribution in [2.24, 2.45) is 0 Å². The number of pyridine rings is 2. The Morgan fingerprint density at radius 1 is 1.00 bits per heavy atom. The molecule has 0 saturated carbocycles. The highest BCUT2D eigenvalue weighted by atomic mass is 32.2. The fourth-order valence-electron chi connectivity index (χ4n) is 3.40. The van der Waals surface area contributed by atoms with Gasteiger partial charge in [-0.3, -0.25) is 14.0 Å². The third-order valence-electron chi connectivity index (χ3n) is 4.69. The first-order valence-electron chi connectivity index (χ1n) is 8.83. The van der Waals surface area contributed by atoms with Crippen molar-refractivity contribution in [1.82, 2.24) is 18.9 Å². The molecule has 0 bridgehead atoms. The molecule has 4 aromatic rings. The van der Waals surface area contributed by atoms with E-state index >= 15 is 0 Å². The van der Waals surface area contributed by atoms with Crippen molar-refractivity contribution in [3.63, 3.8) is 0 Å². The van der Waals surface area contributed by atoms with Crippen molar-refractivity contribution >= 4 is 26.5 Å². The van der Waals surface area contributed by atoms with Gasteiger partial charge in [-0.05, 0) is 24.3 Å². The first-order valence-corrected chi connectivity index (χ1v) is 10.5. The molecule has 0 fully saturated rings. The van der Waals surface area contributed by atoms with E-state index in [1.54, 1.807) is 0 Å². The Hall–Kier alpha value is -3.16. The minimum atomic E-state index is -5.29. The van der Waals surface area contributed by atoms with Gasteiger partial charge >= 0.3 is 12.4 Å². The van der Waals surface area contributed by atoms with E-state index in [-0.39, 0.29) is 0 Å². The van der Waals surface area contributed by atoms with Gasteiger partial charge in [-0.2, -0.15) is 26.3 Å². The van der Waals surface area contributed by atoms with E-state index in [0.29, 0.717) is 8.97 Å². The molecule has 0 aromatic carbocycles. The van der Waals surface area contributed by atoms with Crippen molar-refractivity contribution in [3.05, 3.63) is 53.7 Å². The largest absolute Gasteiger partial charge is 0.436 e. The lowest BCUT2D eigenvalue weighted by Crippen LogP contribution is -2.19. The van der Waals surface area contributed by atoms with Crippen molar-refractivity contribution in [2.45, 2.75) is 24.3 Å². The molecule has 4 heterocycles. The van der Waals surface area contributed by atoms with Gasteiger partial charge in [-0.1, -0.05) is 13.0 Å². The first-order chi connectivity index (χ1) is 14.8. The van der Waals surface area contributed by atoms with Crippen LogP contribution in [0.3, 0.4) is 0 Å². The van der Waals surface area contributed by atoms with E-state index in [0.717, 1.165) is 37.4 Å². The van der Waals surface area contributed by atoms with Crippen molar-refractivity contribution < 1.29 is 39.2 Å². The minimum Gasteiger partial charge on any atom is -0.287 e. The second-order valence-corrected chi connectivity index (χ2v) is 8.80. The molecule has 0 aliphatic carbocycles. The quantitative estimate of drug-likeness (QED) is 0.401. The molecule has 0 saturated heterocycles.